The van der Waals surface area contributed by atoms with Crippen molar-refractivity contribution in [3.8, 4) is 0 Å². The number of benzene rings is 1. The summed E-state index contributed by atoms with van der Waals surface area (Å²) >= 11 is 0. The monoisotopic (exact) mass is 258 g/mol. The van der Waals surface area contributed by atoms with E-state index in [1.54, 1.807) is 4.68 Å². The van der Waals surface area contributed by atoms with Crippen LogP contribution in [0.15, 0.2) is 36.4 Å². The second-order valence-corrected chi connectivity index (χ2v) is 5.17. The number of nitrogens with two attached hydrogens (primary N) is 1. The standard InChI is InChI=1S/C15H22N4/c1-12(2)19(10-13-7-5-4-6-8-13)11-14-9-15(16)18(3)17-14/h4-9,12H,10-11,16H2,1-3H3. The predicted octanol–water partition coefficient (Wildman–Crippen LogP) is 2.41. The van der Waals surface area contributed by atoms with Crippen LogP contribution in [0.25, 0.3) is 0 Å². The number of nitrogens with zero attached hydrogens (tertiary/aromatic N) is 3. The Bertz CT molecular complexity index is 497. The van der Waals surface area contributed by atoms with Gasteiger partial charge < -0.3 is 5.73 Å². The highest BCUT2D eigenvalue weighted by molar-refractivity contribution is 5.30. The summed E-state index contributed by atoms with van der Waals surface area (Å²) < 4.78 is 1.72. The molecule has 1 aromatic carbocycles. The molecular formula is C15H22N4. The van der Waals surface area contributed by atoms with E-state index in [0.29, 0.717) is 11.9 Å². The predicted molar refractivity (Wildman–Crippen MR) is 78.4 cm³/mol. The summed E-state index contributed by atoms with van der Waals surface area (Å²) in [5.41, 5.74) is 8.16. The van der Waals surface area contributed by atoms with Crippen molar-refractivity contribution >= 4 is 5.82 Å². The van der Waals surface area contributed by atoms with Gasteiger partial charge in [0.1, 0.15) is 5.82 Å². The molecule has 0 saturated heterocycles. The molecule has 0 aliphatic rings. The molecule has 2 aromatic rings. The Balaban J connectivity index is 2.08. The zero-order valence-electron chi connectivity index (χ0n) is 11.9. The van der Waals surface area contributed by atoms with Crippen LogP contribution in [0.5, 0.6) is 0 Å². The molecule has 0 unspecified atom stereocenters. The molecule has 0 radical (unpaired) electrons. The minimum absolute atomic E-state index is 0.462. The number of anilines is 1. The van der Waals surface area contributed by atoms with E-state index in [1.165, 1.54) is 5.56 Å². The molecule has 0 aliphatic heterocycles. The first-order valence-corrected chi connectivity index (χ1v) is 6.62. The summed E-state index contributed by atoms with van der Waals surface area (Å²) in [4.78, 5) is 2.39. The van der Waals surface area contributed by atoms with Gasteiger partial charge in [-0.05, 0) is 19.4 Å². The highest BCUT2D eigenvalue weighted by atomic mass is 15.3. The van der Waals surface area contributed by atoms with E-state index >= 15 is 0 Å². The van der Waals surface area contributed by atoms with Crippen LogP contribution >= 0.6 is 0 Å². The summed E-state index contributed by atoms with van der Waals surface area (Å²) in [5, 5.41) is 4.42. The minimum Gasteiger partial charge on any atom is -0.384 e. The smallest absolute Gasteiger partial charge is 0.121 e. The van der Waals surface area contributed by atoms with Gasteiger partial charge >= 0.3 is 0 Å². The van der Waals surface area contributed by atoms with Gasteiger partial charge in [-0.1, -0.05) is 30.3 Å². The van der Waals surface area contributed by atoms with E-state index < -0.39 is 0 Å². The summed E-state index contributed by atoms with van der Waals surface area (Å²) in [5.74, 6) is 0.707. The third-order valence-electron chi connectivity index (χ3n) is 3.29. The lowest BCUT2D eigenvalue weighted by atomic mass is 10.2. The molecule has 2 rings (SSSR count). The number of rotatable bonds is 5. The van der Waals surface area contributed by atoms with Crippen molar-refractivity contribution in [1.82, 2.24) is 14.7 Å². The molecule has 0 spiro atoms. The van der Waals surface area contributed by atoms with Crippen molar-refractivity contribution in [2.24, 2.45) is 7.05 Å². The van der Waals surface area contributed by atoms with Crippen molar-refractivity contribution in [2.45, 2.75) is 33.0 Å². The van der Waals surface area contributed by atoms with Crippen molar-refractivity contribution in [3.05, 3.63) is 47.7 Å². The lowest BCUT2D eigenvalue weighted by Crippen LogP contribution is -2.30. The summed E-state index contributed by atoms with van der Waals surface area (Å²) in [6, 6.07) is 12.9. The number of nitrogen functional groups attached to an aromatic ring is 1. The van der Waals surface area contributed by atoms with E-state index in [1.807, 2.05) is 19.2 Å². The molecule has 0 aliphatic carbocycles. The molecule has 1 aromatic heterocycles. The van der Waals surface area contributed by atoms with Crippen LogP contribution < -0.4 is 5.73 Å². The molecule has 0 atom stereocenters. The van der Waals surface area contributed by atoms with Gasteiger partial charge in [-0.2, -0.15) is 5.10 Å². The molecule has 4 nitrogen and oxygen atoms in total. The van der Waals surface area contributed by atoms with Gasteiger partial charge in [-0.3, -0.25) is 9.58 Å². The second kappa shape index (κ2) is 5.89. The molecule has 0 bridgehead atoms. The minimum atomic E-state index is 0.462. The fourth-order valence-electron chi connectivity index (χ4n) is 2.07. The van der Waals surface area contributed by atoms with Crippen LogP contribution in [0.3, 0.4) is 0 Å². The maximum absolute atomic E-state index is 5.83. The van der Waals surface area contributed by atoms with Gasteiger partial charge in [0.15, 0.2) is 0 Å². The lowest BCUT2D eigenvalue weighted by molar-refractivity contribution is 0.201. The Hall–Kier alpha value is -1.81. The number of hydrogen-bond acceptors (Lipinski definition) is 3. The van der Waals surface area contributed by atoms with Gasteiger partial charge in [0.05, 0.1) is 5.69 Å². The number of aromatic nitrogens is 2. The van der Waals surface area contributed by atoms with Crippen molar-refractivity contribution < 1.29 is 0 Å². The molecule has 0 amide bonds. The van der Waals surface area contributed by atoms with E-state index in [-0.39, 0.29) is 0 Å². The Kier molecular flexibility index (Phi) is 4.22. The van der Waals surface area contributed by atoms with Crippen molar-refractivity contribution in [2.75, 3.05) is 5.73 Å². The quantitative estimate of drug-likeness (QED) is 0.896. The molecule has 2 N–H and O–H groups in total. The first-order valence-electron chi connectivity index (χ1n) is 6.62. The summed E-state index contributed by atoms with van der Waals surface area (Å²) in [6.07, 6.45) is 0. The number of hydrogen-bond donors (Lipinski definition) is 1. The van der Waals surface area contributed by atoms with Crippen LogP contribution in [0.2, 0.25) is 0 Å². The fourth-order valence-corrected chi connectivity index (χ4v) is 2.07. The fraction of sp³-hybridized carbons (Fsp3) is 0.400. The normalized spacial score (nSPS) is 11.4. The molecule has 1 heterocycles. The zero-order chi connectivity index (χ0) is 13.8. The van der Waals surface area contributed by atoms with E-state index in [2.05, 4.69) is 48.1 Å². The van der Waals surface area contributed by atoms with Crippen LogP contribution in [-0.4, -0.2) is 20.7 Å². The van der Waals surface area contributed by atoms with E-state index in [0.717, 1.165) is 18.8 Å². The van der Waals surface area contributed by atoms with Crippen LogP contribution in [-0.2, 0) is 20.1 Å². The van der Waals surface area contributed by atoms with Crippen LogP contribution in [0.1, 0.15) is 25.1 Å². The maximum Gasteiger partial charge on any atom is 0.121 e. The maximum atomic E-state index is 5.83. The molecule has 19 heavy (non-hydrogen) atoms. The Labute approximate surface area is 114 Å². The third kappa shape index (κ3) is 3.58. The first kappa shape index (κ1) is 13.6. The Morgan fingerprint density at radius 2 is 1.89 bits per heavy atom. The van der Waals surface area contributed by atoms with Gasteiger partial charge in [-0.15, -0.1) is 0 Å². The second-order valence-electron chi connectivity index (χ2n) is 5.17. The molecule has 0 fully saturated rings. The third-order valence-corrected chi connectivity index (χ3v) is 3.29. The van der Waals surface area contributed by atoms with E-state index in [4.69, 9.17) is 5.73 Å². The first-order chi connectivity index (χ1) is 9.06. The molecule has 4 heteroatoms. The van der Waals surface area contributed by atoms with Gasteiger partial charge in [0.2, 0.25) is 0 Å². The SMILES string of the molecule is CC(C)N(Cc1ccccc1)Cc1cc(N)n(C)n1. The average Bonchev–Trinajstić information content (AvgIpc) is 2.69. The van der Waals surface area contributed by atoms with Crippen LogP contribution in [0, 0.1) is 0 Å². The van der Waals surface area contributed by atoms with E-state index in [9.17, 15) is 0 Å². The molecule has 102 valence electrons. The number of aryl methyl sites for hydroxylation is 1. The van der Waals surface area contributed by atoms with Crippen molar-refractivity contribution in [1.29, 1.82) is 0 Å². The highest BCUT2D eigenvalue weighted by Gasteiger charge is 2.13. The largest absolute Gasteiger partial charge is 0.384 e. The van der Waals surface area contributed by atoms with Crippen LogP contribution in [0.4, 0.5) is 5.82 Å². The topological polar surface area (TPSA) is 47.1 Å². The average molecular weight is 258 g/mol. The summed E-state index contributed by atoms with van der Waals surface area (Å²) in [7, 11) is 1.87. The Morgan fingerprint density at radius 3 is 2.42 bits per heavy atom. The lowest BCUT2D eigenvalue weighted by Gasteiger charge is -2.25. The molecule has 0 saturated carbocycles. The van der Waals surface area contributed by atoms with Gasteiger partial charge in [0.25, 0.3) is 0 Å². The zero-order valence-corrected chi connectivity index (χ0v) is 11.9. The molecular weight excluding hydrogens is 236 g/mol. The van der Waals surface area contributed by atoms with Crippen molar-refractivity contribution in [3.63, 3.8) is 0 Å². The van der Waals surface area contributed by atoms with Gasteiger partial charge in [0, 0.05) is 32.2 Å². The van der Waals surface area contributed by atoms with Gasteiger partial charge in [-0.25, -0.2) is 0 Å². The Morgan fingerprint density at radius 1 is 1.21 bits per heavy atom. The highest BCUT2D eigenvalue weighted by Crippen LogP contribution is 2.13. The summed E-state index contributed by atoms with van der Waals surface area (Å²) in [6.45, 7) is 6.15.